The molecule has 1 saturated carbocycles. The number of hydrogen-bond donors (Lipinski definition) is 1. The van der Waals surface area contributed by atoms with Gasteiger partial charge in [0.05, 0.1) is 16.7 Å². The summed E-state index contributed by atoms with van der Waals surface area (Å²) in [5.41, 5.74) is 1.17. The van der Waals surface area contributed by atoms with Crippen LogP contribution in [0.4, 0.5) is 0 Å². The summed E-state index contributed by atoms with van der Waals surface area (Å²) in [4.78, 5) is 46.2. The molecule has 0 radical (unpaired) electrons. The number of carbonyl (C=O) groups is 1. The predicted molar refractivity (Wildman–Crippen MR) is 160 cm³/mol. The second-order valence-corrected chi connectivity index (χ2v) is 12.4. The van der Waals surface area contributed by atoms with Crippen molar-refractivity contribution in [1.29, 1.82) is 0 Å². The number of benzene rings is 1. The second kappa shape index (κ2) is 12.3. The Morgan fingerprint density at radius 2 is 1.39 bits per heavy atom. The van der Waals surface area contributed by atoms with Crippen LogP contribution >= 0.6 is 0 Å². The molecule has 4 heterocycles. The van der Waals surface area contributed by atoms with Crippen LogP contribution in [-0.4, -0.2) is 48.2 Å². The van der Waals surface area contributed by atoms with E-state index in [-0.39, 0.29) is 23.0 Å². The molecule has 0 amide bonds. The van der Waals surface area contributed by atoms with Crippen LogP contribution in [0.15, 0.2) is 52.1 Å². The Kier molecular flexibility index (Phi) is 8.37. The van der Waals surface area contributed by atoms with Gasteiger partial charge in [-0.2, -0.15) is 0 Å². The van der Waals surface area contributed by atoms with E-state index in [1.165, 1.54) is 83.1 Å². The molecule has 8 heteroatoms. The fraction of sp³-hybridized carbons (Fsp3) is 0.576. The third-order valence-electron chi connectivity index (χ3n) is 9.75. The molecule has 1 aliphatic carbocycles. The lowest BCUT2D eigenvalue weighted by Gasteiger charge is -2.53. The molecule has 3 aromatic rings. The summed E-state index contributed by atoms with van der Waals surface area (Å²) in [5.74, 6) is -1.14. The molecule has 3 aliphatic rings. The van der Waals surface area contributed by atoms with Gasteiger partial charge in [0.15, 0.2) is 5.69 Å². The predicted octanol–water partition coefficient (Wildman–Crippen LogP) is 5.76. The zero-order chi connectivity index (χ0) is 28.3. The number of fused-ring (bicyclic) bond motifs is 3. The highest BCUT2D eigenvalue weighted by molar-refractivity contribution is 5.78. The molecule has 218 valence electrons. The van der Waals surface area contributed by atoms with E-state index in [9.17, 15) is 19.5 Å². The zero-order valence-electron chi connectivity index (χ0n) is 23.9. The van der Waals surface area contributed by atoms with Crippen molar-refractivity contribution in [3.63, 3.8) is 0 Å². The van der Waals surface area contributed by atoms with Crippen LogP contribution in [0.3, 0.4) is 0 Å². The molecule has 1 aromatic carbocycles. The summed E-state index contributed by atoms with van der Waals surface area (Å²) in [6, 6.07) is 13.8. The number of nitrogens with zero attached hydrogens (tertiary/aromatic N) is 4. The lowest BCUT2D eigenvalue weighted by atomic mass is 9.79. The van der Waals surface area contributed by atoms with E-state index in [4.69, 9.17) is 4.98 Å². The van der Waals surface area contributed by atoms with Crippen LogP contribution in [0.1, 0.15) is 95.9 Å². The summed E-state index contributed by atoms with van der Waals surface area (Å²) in [6.07, 6.45) is 17.4. The molecule has 1 N–H and O–H groups in total. The van der Waals surface area contributed by atoms with Gasteiger partial charge in [-0.3, -0.25) is 23.9 Å². The number of rotatable bonds is 5. The number of carboxylic acid groups (broad SMARTS) is 1. The van der Waals surface area contributed by atoms with Gasteiger partial charge in [0.1, 0.15) is 6.54 Å². The molecule has 0 spiro atoms. The van der Waals surface area contributed by atoms with Gasteiger partial charge < -0.3 is 9.67 Å². The van der Waals surface area contributed by atoms with Crippen LogP contribution in [0, 0.1) is 0 Å². The number of hydrogen-bond acceptors (Lipinski definition) is 5. The fourth-order valence-corrected chi connectivity index (χ4v) is 7.99. The highest BCUT2D eigenvalue weighted by Crippen LogP contribution is 2.42. The average molecular weight is 559 g/mol. The third kappa shape index (κ3) is 5.76. The lowest BCUT2D eigenvalue weighted by molar-refractivity contribution is -0.137. The maximum Gasteiger partial charge on any atom is 0.323 e. The first-order valence-corrected chi connectivity index (χ1v) is 15.7. The maximum absolute atomic E-state index is 14.3. The van der Waals surface area contributed by atoms with E-state index in [0.717, 1.165) is 22.9 Å². The third-order valence-corrected chi connectivity index (χ3v) is 9.75. The standard InChI is InChI=1S/C33H42N4O4/c38-30-19-11-18-29(35(30)22-31(39)40)32-33(41)37(28-17-9-8-16-27(28)34-32)26-20-24-14-10-15-25(21-26)36(24)23-12-6-4-2-1-3-5-7-13-23/h8-9,11,16-19,23-26H,1-7,10,12-15,20-22H2,(H,39,40)/t24-,25+,26?. The van der Waals surface area contributed by atoms with Crippen molar-refractivity contribution in [1.82, 2.24) is 19.0 Å². The molecule has 3 atom stereocenters. The molecule has 2 aliphatic heterocycles. The Balaban J connectivity index is 1.39. The summed E-state index contributed by atoms with van der Waals surface area (Å²) in [5, 5.41) is 9.48. The Labute approximate surface area is 241 Å². The van der Waals surface area contributed by atoms with Crippen LogP contribution in [0.5, 0.6) is 0 Å². The molecule has 2 saturated heterocycles. The van der Waals surface area contributed by atoms with Crippen LogP contribution < -0.4 is 11.1 Å². The molecule has 8 nitrogen and oxygen atoms in total. The zero-order valence-corrected chi connectivity index (χ0v) is 23.9. The van der Waals surface area contributed by atoms with Crippen molar-refractivity contribution in [3.8, 4) is 11.4 Å². The molecule has 2 bridgehead atoms. The number of carboxylic acids is 1. The minimum Gasteiger partial charge on any atom is -0.480 e. The molecular formula is C33H42N4O4. The highest BCUT2D eigenvalue weighted by atomic mass is 16.4. The van der Waals surface area contributed by atoms with Crippen LogP contribution in [-0.2, 0) is 11.3 Å². The Morgan fingerprint density at radius 3 is 2.07 bits per heavy atom. The van der Waals surface area contributed by atoms with E-state index in [1.807, 2.05) is 28.8 Å². The Morgan fingerprint density at radius 1 is 0.756 bits per heavy atom. The van der Waals surface area contributed by atoms with Crippen molar-refractivity contribution in [2.75, 3.05) is 0 Å². The van der Waals surface area contributed by atoms with Gasteiger partial charge >= 0.3 is 5.97 Å². The average Bonchev–Trinajstić information content (AvgIpc) is 2.96. The number of piperidine rings is 2. The Bertz CT molecular complexity index is 1490. The van der Waals surface area contributed by atoms with E-state index in [1.54, 1.807) is 12.1 Å². The van der Waals surface area contributed by atoms with E-state index in [0.29, 0.717) is 23.6 Å². The molecule has 3 fully saturated rings. The van der Waals surface area contributed by atoms with Crippen molar-refractivity contribution >= 4 is 17.0 Å². The van der Waals surface area contributed by atoms with Crippen molar-refractivity contribution in [2.24, 2.45) is 0 Å². The monoisotopic (exact) mass is 558 g/mol. The van der Waals surface area contributed by atoms with E-state index in [2.05, 4.69) is 4.90 Å². The summed E-state index contributed by atoms with van der Waals surface area (Å²) < 4.78 is 3.07. The number of pyridine rings is 1. The number of para-hydroxylation sites is 2. The number of aromatic nitrogens is 3. The normalized spacial score (nSPS) is 24.7. The van der Waals surface area contributed by atoms with E-state index < -0.39 is 18.1 Å². The van der Waals surface area contributed by atoms with Gasteiger partial charge in [-0.1, -0.05) is 69.6 Å². The molecule has 2 aromatic heterocycles. The van der Waals surface area contributed by atoms with Crippen molar-refractivity contribution in [2.45, 2.75) is 121 Å². The van der Waals surface area contributed by atoms with Gasteiger partial charge in [-0.15, -0.1) is 0 Å². The van der Waals surface area contributed by atoms with Gasteiger partial charge in [-0.25, -0.2) is 4.98 Å². The van der Waals surface area contributed by atoms with Crippen LogP contribution in [0.2, 0.25) is 0 Å². The SMILES string of the molecule is O=C(O)Cn1c(-c2nc3ccccc3n(C3C[C@H]4CCC[C@@H](C3)N4C3CCCCCCCCC3)c2=O)cccc1=O. The minimum absolute atomic E-state index is 0.0311. The lowest BCUT2D eigenvalue weighted by Crippen LogP contribution is -2.57. The first kappa shape index (κ1) is 27.9. The quantitative estimate of drug-likeness (QED) is 0.428. The molecule has 41 heavy (non-hydrogen) atoms. The largest absolute Gasteiger partial charge is 0.480 e. The fourth-order valence-electron chi connectivity index (χ4n) is 7.99. The van der Waals surface area contributed by atoms with Crippen molar-refractivity contribution in [3.05, 3.63) is 63.2 Å². The molecular weight excluding hydrogens is 516 g/mol. The van der Waals surface area contributed by atoms with Gasteiger partial charge in [0.2, 0.25) is 0 Å². The van der Waals surface area contributed by atoms with Gasteiger partial charge in [-0.05, 0) is 56.7 Å². The van der Waals surface area contributed by atoms with Crippen LogP contribution in [0.25, 0.3) is 22.4 Å². The first-order valence-electron chi connectivity index (χ1n) is 15.7. The van der Waals surface area contributed by atoms with Crippen molar-refractivity contribution < 1.29 is 9.90 Å². The summed E-state index contributed by atoms with van der Waals surface area (Å²) in [6.45, 7) is -0.521. The highest BCUT2D eigenvalue weighted by Gasteiger charge is 2.42. The van der Waals surface area contributed by atoms with Gasteiger partial charge in [0, 0.05) is 30.2 Å². The topological polar surface area (TPSA) is 97.4 Å². The smallest absolute Gasteiger partial charge is 0.323 e. The summed E-state index contributed by atoms with van der Waals surface area (Å²) >= 11 is 0. The Hall–Kier alpha value is -3.26. The number of aliphatic carboxylic acids is 1. The van der Waals surface area contributed by atoms with Gasteiger partial charge in [0.25, 0.3) is 11.1 Å². The first-order chi connectivity index (χ1) is 20.0. The maximum atomic E-state index is 14.3. The minimum atomic E-state index is -1.14. The second-order valence-electron chi connectivity index (χ2n) is 12.4. The van der Waals surface area contributed by atoms with E-state index >= 15 is 0 Å². The molecule has 1 unspecified atom stereocenters. The summed E-state index contributed by atoms with van der Waals surface area (Å²) in [7, 11) is 0. The molecule has 6 rings (SSSR count).